The van der Waals surface area contributed by atoms with Crippen LogP contribution in [0.15, 0.2) is 47.6 Å². The number of benzene rings is 1. The number of rotatable bonds is 4. The minimum absolute atomic E-state index is 0.0422. The molecule has 4 rings (SSSR count). The summed E-state index contributed by atoms with van der Waals surface area (Å²) in [6.07, 6.45) is -1.62. The molecule has 1 saturated heterocycles. The van der Waals surface area contributed by atoms with Gasteiger partial charge in [-0.05, 0) is 37.3 Å². The fourth-order valence-corrected chi connectivity index (χ4v) is 4.92. The predicted molar refractivity (Wildman–Crippen MR) is 106 cm³/mol. The Morgan fingerprint density at radius 2 is 1.75 bits per heavy atom. The molecule has 9 nitrogen and oxygen atoms in total. The van der Waals surface area contributed by atoms with E-state index in [-0.39, 0.29) is 37.0 Å². The molecular formula is C19H18F3N5O4S. The van der Waals surface area contributed by atoms with Crippen LogP contribution < -0.4 is 4.74 Å². The van der Waals surface area contributed by atoms with Crippen LogP contribution in [0.25, 0.3) is 5.65 Å². The first-order valence-electron chi connectivity index (χ1n) is 9.51. The van der Waals surface area contributed by atoms with E-state index in [1.807, 2.05) is 0 Å². The van der Waals surface area contributed by atoms with Gasteiger partial charge in [0.2, 0.25) is 10.0 Å². The Morgan fingerprint density at radius 3 is 2.38 bits per heavy atom. The van der Waals surface area contributed by atoms with Gasteiger partial charge in [0.1, 0.15) is 11.3 Å². The maximum atomic E-state index is 13.0. The summed E-state index contributed by atoms with van der Waals surface area (Å²) in [7, 11) is -3.94. The number of piperazine rings is 1. The summed E-state index contributed by atoms with van der Waals surface area (Å²) >= 11 is 0. The van der Waals surface area contributed by atoms with Crippen molar-refractivity contribution >= 4 is 21.6 Å². The maximum Gasteiger partial charge on any atom is 0.573 e. The normalized spacial score (nSPS) is 15.8. The van der Waals surface area contributed by atoms with E-state index < -0.39 is 22.1 Å². The zero-order valence-electron chi connectivity index (χ0n) is 16.8. The van der Waals surface area contributed by atoms with E-state index in [1.165, 1.54) is 13.7 Å². The minimum Gasteiger partial charge on any atom is -0.406 e. The van der Waals surface area contributed by atoms with Gasteiger partial charge in [-0.1, -0.05) is 0 Å². The molecule has 1 aliphatic heterocycles. The van der Waals surface area contributed by atoms with Crippen LogP contribution in [0.1, 0.15) is 16.1 Å². The summed E-state index contributed by atoms with van der Waals surface area (Å²) in [5.74, 6) is -0.800. The Labute approximate surface area is 181 Å². The second-order valence-electron chi connectivity index (χ2n) is 7.06. The molecule has 0 atom stereocenters. The largest absolute Gasteiger partial charge is 0.573 e. The first kappa shape index (κ1) is 22.0. The van der Waals surface area contributed by atoms with Crippen LogP contribution in [0.4, 0.5) is 13.2 Å². The van der Waals surface area contributed by atoms with Crippen molar-refractivity contribution in [2.75, 3.05) is 26.2 Å². The SMILES string of the molecule is Cc1nn2cccnc2c1C(=O)N1CCN(S(=O)(=O)c2ccc(OC(F)(F)F)cc2)CC1. The van der Waals surface area contributed by atoms with Crippen LogP contribution in [0.2, 0.25) is 0 Å². The number of fused-ring (bicyclic) bond motifs is 1. The Morgan fingerprint density at radius 1 is 1.09 bits per heavy atom. The molecule has 0 spiro atoms. The summed E-state index contributed by atoms with van der Waals surface area (Å²) in [4.78, 5) is 18.6. The molecule has 3 aromatic rings. The predicted octanol–water partition coefficient (Wildman–Crippen LogP) is 2.08. The number of ether oxygens (including phenoxy) is 1. The molecule has 1 fully saturated rings. The number of halogens is 3. The molecule has 0 aliphatic carbocycles. The van der Waals surface area contributed by atoms with E-state index in [0.29, 0.717) is 16.9 Å². The third-order valence-electron chi connectivity index (χ3n) is 5.01. The summed E-state index contributed by atoms with van der Waals surface area (Å²) in [6, 6.07) is 5.70. The number of aromatic nitrogens is 3. The Bertz CT molecular complexity index is 1250. The first-order valence-corrected chi connectivity index (χ1v) is 11.0. The number of nitrogens with zero attached hydrogens (tertiary/aromatic N) is 5. The molecule has 1 amide bonds. The van der Waals surface area contributed by atoms with Gasteiger partial charge in [0.25, 0.3) is 5.91 Å². The van der Waals surface area contributed by atoms with E-state index in [2.05, 4.69) is 14.8 Å². The van der Waals surface area contributed by atoms with Gasteiger partial charge in [0.05, 0.1) is 10.6 Å². The lowest BCUT2D eigenvalue weighted by Crippen LogP contribution is -2.50. The number of amides is 1. The summed E-state index contributed by atoms with van der Waals surface area (Å²) in [6.45, 7) is 2.09. The summed E-state index contributed by atoms with van der Waals surface area (Å²) in [5, 5.41) is 4.27. The third-order valence-corrected chi connectivity index (χ3v) is 6.92. The second-order valence-corrected chi connectivity index (χ2v) is 9.00. The standard InChI is InChI=1S/C19H18F3N5O4S/c1-13-16(17-23-7-2-8-27(17)24-13)18(28)25-9-11-26(12-10-25)32(29,30)15-5-3-14(4-6-15)31-19(20,21)22/h2-8H,9-12H2,1H3. The fraction of sp³-hybridized carbons (Fsp3) is 0.316. The lowest BCUT2D eigenvalue weighted by atomic mass is 10.2. The number of alkyl halides is 3. The van der Waals surface area contributed by atoms with Gasteiger partial charge >= 0.3 is 6.36 Å². The van der Waals surface area contributed by atoms with Crippen molar-refractivity contribution in [1.82, 2.24) is 23.8 Å². The number of carbonyl (C=O) groups is 1. The lowest BCUT2D eigenvalue weighted by molar-refractivity contribution is -0.274. The van der Waals surface area contributed by atoms with Crippen LogP contribution in [-0.2, 0) is 10.0 Å². The smallest absolute Gasteiger partial charge is 0.406 e. The molecule has 32 heavy (non-hydrogen) atoms. The molecule has 3 heterocycles. The molecule has 1 aromatic carbocycles. The molecular weight excluding hydrogens is 451 g/mol. The fourth-order valence-electron chi connectivity index (χ4n) is 3.50. The monoisotopic (exact) mass is 469 g/mol. The van der Waals surface area contributed by atoms with Crippen LogP contribution in [0.5, 0.6) is 5.75 Å². The van der Waals surface area contributed by atoms with E-state index in [4.69, 9.17) is 0 Å². The average molecular weight is 469 g/mol. The summed E-state index contributed by atoms with van der Waals surface area (Å²) < 4.78 is 69.1. The molecule has 170 valence electrons. The van der Waals surface area contributed by atoms with Gasteiger partial charge < -0.3 is 9.64 Å². The Kier molecular flexibility index (Phi) is 5.54. The molecule has 0 saturated carbocycles. The lowest BCUT2D eigenvalue weighted by Gasteiger charge is -2.34. The van der Waals surface area contributed by atoms with Gasteiger partial charge in [0.15, 0.2) is 5.65 Å². The third kappa shape index (κ3) is 4.25. The van der Waals surface area contributed by atoms with E-state index >= 15 is 0 Å². The molecule has 0 unspecified atom stereocenters. The van der Waals surface area contributed by atoms with Gasteiger partial charge in [-0.2, -0.15) is 9.40 Å². The van der Waals surface area contributed by atoms with Crippen molar-refractivity contribution in [3.05, 3.63) is 54.0 Å². The molecule has 0 radical (unpaired) electrons. The van der Waals surface area contributed by atoms with Crippen LogP contribution in [0, 0.1) is 6.92 Å². The Hall–Kier alpha value is -3.19. The molecule has 0 N–H and O–H groups in total. The molecule has 2 aromatic heterocycles. The quantitative estimate of drug-likeness (QED) is 0.581. The highest BCUT2D eigenvalue weighted by molar-refractivity contribution is 7.89. The van der Waals surface area contributed by atoms with Gasteiger partial charge in [0, 0.05) is 38.6 Å². The van der Waals surface area contributed by atoms with Gasteiger partial charge in [-0.25, -0.2) is 17.9 Å². The number of sulfonamides is 1. The number of hydrogen-bond acceptors (Lipinski definition) is 6. The summed E-state index contributed by atoms with van der Waals surface area (Å²) in [5.41, 5.74) is 1.30. The highest BCUT2D eigenvalue weighted by atomic mass is 32.2. The van der Waals surface area contributed by atoms with Crippen molar-refractivity contribution in [2.45, 2.75) is 18.2 Å². The number of carbonyl (C=O) groups excluding carboxylic acids is 1. The minimum atomic E-state index is -4.86. The van der Waals surface area contributed by atoms with Crippen LogP contribution in [-0.4, -0.2) is 70.7 Å². The van der Waals surface area contributed by atoms with Gasteiger partial charge in [-0.3, -0.25) is 4.79 Å². The highest BCUT2D eigenvalue weighted by Gasteiger charge is 2.33. The van der Waals surface area contributed by atoms with Crippen molar-refractivity contribution in [2.24, 2.45) is 0 Å². The van der Waals surface area contributed by atoms with Crippen LogP contribution in [0.3, 0.4) is 0 Å². The van der Waals surface area contributed by atoms with E-state index in [0.717, 1.165) is 24.3 Å². The topological polar surface area (TPSA) is 97.1 Å². The zero-order valence-corrected chi connectivity index (χ0v) is 17.6. The average Bonchev–Trinajstić information content (AvgIpc) is 3.08. The first-order chi connectivity index (χ1) is 15.1. The second kappa shape index (κ2) is 8.06. The van der Waals surface area contributed by atoms with E-state index in [1.54, 1.807) is 25.4 Å². The Balaban J connectivity index is 1.46. The van der Waals surface area contributed by atoms with Crippen LogP contribution >= 0.6 is 0 Å². The van der Waals surface area contributed by atoms with Crippen molar-refractivity contribution in [1.29, 1.82) is 0 Å². The van der Waals surface area contributed by atoms with Gasteiger partial charge in [-0.15, -0.1) is 13.2 Å². The molecule has 13 heteroatoms. The maximum absolute atomic E-state index is 13.0. The van der Waals surface area contributed by atoms with Crippen molar-refractivity contribution in [3.63, 3.8) is 0 Å². The number of aryl methyl sites for hydroxylation is 1. The number of hydrogen-bond donors (Lipinski definition) is 0. The highest BCUT2D eigenvalue weighted by Crippen LogP contribution is 2.26. The molecule has 1 aliphatic rings. The van der Waals surface area contributed by atoms with Crippen molar-refractivity contribution in [3.8, 4) is 5.75 Å². The van der Waals surface area contributed by atoms with E-state index in [9.17, 15) is 26.4 Å². The van der Waals surface area contributed by atoms with Crippen molar-refractivity contribution < 1.29 is 31.1 Å². The molecule has 0 bridgehead atoms. The zero-order chi connectivity index (χ0) is 23.1.